The van der Waals surface area contributed by atoms with Crippen LogP contribution in [0.5, 0.6) is 5.75 Å². The van der Waals surface area contributed by atoms with E-state index in [9.17, 15) is 4.39 Å². The van der Waals surface area contributed by atoms with Crippen LogP contribution >= 0.6 is 0 Å². The van der Waals surface area contributed by atoms with Crippen LogP contribution in [0.2, 0.25) is 0 Å². The van der Waals surface area contributed by atoms with Crippen molar-refractivity contribution in [3.8, 4) is 5.75 Å². The molecule has 96 valence electrons. The Bertz CT molecular complexity index is 655. The fraction of sp³-hybridized carbons (Fsp3) is 0.250. The Morgan fingerprint density at radius 1 is 1.11 bits per heavy atom. The molecule has 0 amide bonds. The molecule has 1 spiro atoms. The predicted molar refractivity (Wildman–Crippen MR) is 70.6 cm³/mol. The third-order valence-electron chi connectivity index (χ3n) is 4.08. The van der Waals surface area contributed by atoms with Crippen LogP contribution < -0.4 is 10.1 Å². The molecule has 1 atom stereocenters. The Labute approximate surface area is 111 Å². The van der Waals surface area contributed by atoms with E-state index in [1.54, 1.807) is 6.07 Å². The van der Waals surface area contributed by atoms with Crippen LogP contribution in [0.4, 0.5) is 4.39 Å². The summed E-state index contributed by atoms with van der Waals surface area (Å²) < 4.78 is 20.0. The first-order valence-corrected chi connectivity index (χ1v) is 6.54. The van der Waals surface area contributed by atoms with E-state index < -0.39 is 5.60 Å². The van der Waals surface area contributed by atoms with Crippen molar-refractivity contribution in [2.45, 2.75) is 18.6 Å². The van der Waals surface area contributed by atoms with Crippen LogP contribution in [0.3, 0.4) is 0 Å². The second-order valence-electron chi connectivity index (χ2n) is 5.25. The van der Waals surface area contributed by atoms with Crippen molar-refractivity contribution in [2.75, 3.05) is 6.54 Å². The Hall–Kier alpha value is -1.87. The highest BCUT2D eigenvalue weighted by atomic mass is 19.1. The molecule has 0 fully saturated rings. The lowest BCUT2D eigenvalue weighted by Gasteiger charge is -2.35. The van der Waals surface area contributed by atoms with Gasteiger partial charge in [0.25, 0.3) is 0 Å². The Morgan fingerprint density at radius 3 is 2.89 bits per heavy atom. The van der Waals surface area contributed by atoms with E-state index in [0.29, 0.717) is 17.7 Å². The van der Waals surface area contributed by atoms with Gasteiger partial charge >= 0.3 is 0 Å². The summed E-state index contributed by atoms with van der Waals surface area (Å²) in [5.41, 5.74) is 2.67. The van der Waals surface area contributed by atoms with Gasteiger partial charge in [-0.05, 0) is 17.7 Å². The molecule has 2 heterocycles. The zero-order valence-corrected chi connectivity index (χ0v) is 10.4. The Morgan fingerprint density at radius 2 is 2.00 bits per heavy atom. The molecule has 2 nitrogen and oxygen atoms in total. The monoisotopic (exact) mass is 255 g/mol. The molecule has 2 aliphatic rings. The van der Waals surface area contributed by atoms with E-state index in [1.165, 1.54) is 17.2 Å². The van der Waals surface area contributed by atoms with E-state index in [4.69, 9.17) is 4.74 Å². The number of rotatable bonds is 0. The zero-order chi connectivity index (χ0) is 12.9. The number of nitrogens with one attached hydrogen (secondary N) is 1. The average molecular weight is 255 g/mol. The highest BCUT2D eigenvalue weighted by Crippen LogP contribution is 2.44. The van der Waals surface area contributed by atoms with Crippen molar-refractivity contribution >= 4 is 0 Å². The summed E-state index contributed by atoms with van der Waals surface area (Å²) in [5.74, 6) is 0.510. The van der Waals surface area contributed by atoms with Gasteiger partial charge in [-0.3, -0.25) is 0 Å². The number of halogens is 1. The van der Waals surface area contributed by atoms with Crippen molar-refractivity contribution in [3.05, 3.63) is 65.0 Å². The van der Waals surface area contributed by atoms with Crippen molar-refractivity contribution in [2.24, 2.45) is 0 Å². The first-order chi connectivity index (χ1) is 9.28. The first kappa shape index (κ1) is 11.0. The van der Waals surface area contributed by atoms with Crippen molar-refractivity contribution in [1.29, 1.82) is 0 Å². The summed E-state index contributed by atoms with van der Waals surface area (Å²) in [6.45, 7) is 1.57. The molecule has 3 heteroatoms. The maximum Gasteiger partial charge on any atom is 0.151 e. The first-order valence-electron chi connectivity index (χ1n) is 6.54. The number of fused-ring (bicyclic) bond motifs is 3. The van der Waals surface area contributed by atoms with Crippen LogP contribution in [-0.4, -0.2) is 6.54 Å². The molecule has 0 saturated carbocycles. The second kappa shape index (κ2) is 3.81. The van der Waals surface area contributed by atoms with E-state index >= 15 is 0 Å². The quantitative estimate of drug-likeness (QED) is 0.781. The van der Waals surface area contributed by atoms with Gasteiger partial charge in [-0.2, -0.15) is 0 Å². The molecular weight excluding hydrogens is 241 g/mol. The van der Waals surface area contributed by atoms with Gasteiger partial charge in [-0.25, -0.2) is 4.39 Å². The topological polar surface area (TPSA) is 21.3 Å². The van der Waals surface area contributed by atoms with Gasteiger partial charge in [0.1, 0.15) is 11.6 Å². The number of hydrogen-bond acceptors (Lipinski definition) is 2. The van der Waals surface area contributed by atoms with Crippen LogP contribution in [0, 0.1) is 5.82 Å². The molecule has 0 bridgehead atoms. The largest absolute Gasteiger partial charge is 0.480 e. The predicted octanol–water partition coefficient (Wildman–Crippen LogP) is 2.76. The SMILES string of the molecule is Fc1cccc2c1CC1(CNCc3ccccc31)O2. The van der Waals surface area contributed by atoms with Crippen LogP contribution in [0.1, 0.15) is 16.7 Å². The fourth-order valence-corrected chi connectivity index (χ4v) is 3.20. The van der Waals surface area contributed by atoms with E-state index in [1.807, 2.05) is 18.2 Å². The minimum absolute atomic E-state index is 0.169. The minimum atomic E-state index is -0.445. The molecule has 1 N–H and O–H groups in total. The van der Waals surface area contributed by atoms with Crippen LogP contribution in [-0.2, 0) is 18.6 Å². The third-order valence-corrected chi connectivity index (χ3v) is 4.08. The molecule has 2 aliphatic heterocycles. The molecular formula is C16H14FNO. The standard InChI is InChI=1S/C16H14FNO/c17-14-6-3-7-15-12(14)8-16(19-15)10-18-9-11-4-1-2-5-13(11)16/h1-7,18H,8-10H2. The van der Waals surface area contributed by atoms with Crippen LogP contribution in [0.25, 0.3) is 0 Å². The molecule has 2 aromatic carbocycles. The van der Waals surface area contributed by atoms with Gasteiger partial charge in [-0.1, -0.05) is 30.3 Å². The lowest BCUT2D eigenvalue weighted by molar-refractivity contribution is 0.0826. The van der Waals surface area contributed by atoms with Gasteiger partial charge in [0.05, 0.1) is 0 Å². The molecule has 2 aromatic rings. The van der Waals surface area contributed by atoms with Crippen molar-refractivity contribution in [1.82, 2.24) is 5.32 Å². The van der Waals surface area contributed by atoms with E-state index in [-0.39, 0.29) is 5.82 Å². The number of ether oxygens (including phenoxy) is 1. The van der Waals surface area contributed by atoms with Gasteiger partial charge in [0.15, 0.2) is 5.60 Å². The smallest absolute Gasteiger partial charge is 0.151 e. The molecule has 1 unspecified atom stereocenters. The van der Waals surface area contributed by atoms with E-state index in [2.05, 4.69) is 17.4 Å². The van der Waals surface area contributed by atoms with Gasteiger partial charge in [0, 0.05) is 30.6 Å². The lowest BCUT2D eigenvalue weighted by atomic mass is 9.83. The lowest BCUT2D eigenvalue weighted by Crippen LogP contribution is -2.46. The Balaban J connectivity index is 1.85. The molecule has 0 saturated heterocycles. The summed E-state index contributed by atoms with van der Waals surface area (Å²) in [4.78, 5) is 0. The maximum atomic E-state index is 13.9. The molecule has 4 rings (SSSR count). The fourth-order valence-electron chi connectivity index (χ4n) is 3.20. The van der Waals surface area contributed by atoms with Crippen molar-refractivity contribution < 1.29 is 9.13 Å². The Kier molecular flexibility index (Phi) is 2.21. The van der Waals surface area contributed by atoms with Crippen LogP contribution in [0.15, 0.2) is 42.5 Å². The second-order valence-corrected chi connectivity index (χ2v) is 5.25. The zero-order valence-electron chi connectivity index (χ0n) is 10.4. The molecule has 0 radical (unpaired) electrons. The summed E-state index contributed by atoms with van der Waals surface area (Å²) >= 11 is 0. The average Bonchev–Trinajstić information content (AvgIpc) is 2.80. The number of benzene rings is 2. The van der Waals surface area contributed by atoms with E-state index in [0.717, 1.165) is 13.1 Å². The molecule has 0 aromatic heterocycles. The summed E-state index contributed by atoms with van der Waals surface area (Å²) in [6, 6.07) is 13.3. The van der Waals surface area contributed by atoms with Crippen molar-refractivity contribution in [3.63, 3.8) is 0 Å². The van der Waals surface area contributed by atoms with Gasteiger partial charge in [0.2, 0.25) is 0 Å². The summed E-state index contributed by atoms with van der Waals surface area (Å²) in [7, 11) is 0. The summed E-state index contributed by atoms with van der Waals surface area (Å²) in [6.07, 6.45) is 0.596. The highest BCUT2D eigenvalue weighted by Gasteiger charge is 2.44. The normalized spacial score (nSPS) is 23.8. The van der Waals surface area contributed by atoms with Gasteiger partial charge in [-0.15, -0.1) is 0 Å². The molecule has 0 aliphatic carbocycles. The third kappa shape index (κ3) is 1.51. The maximum absolute atomic E-state index is 13.9. The summed E-state index contributed by atoms with van der Waals surface area (Å²) in [5, 5.41) is 3.38. The van der Waals surface area contributed by atoms with Gasteiger partial charge < -0.3 is 10.1 Å². The number of hydrogen-bond donors (Lipinski definition) is 1. The highest BCUT2D eigenvalue weighted by molar-refractivity contribution is 5.46. The molecule has 19 heavy (non-hydrogen) atoms. The minimum Gasteiger partial charge on any atom is -0.480 e.